The Morgan fingerprint density at radius 1 is 1.20 bits per heavy atom. The van der Waals surface area contributed by atoms with Crippen molar-refractivity contribution in [1.82, 2.24) is 0 Å². The highest BCUT2D eigenvalue weighted by Crippen LogP contribution is 2.29. The SMILES string of the molecule is Cc1csc(-c2ccc([C@H](O)CCCCC3=NOC(C)(C)O3)cc2)c1. The molecule has 0 spiro atoms. The van der Waals surface area contributed by atoms with E-state index in [9.17, 15) is 5.11 Å². The van der Waals surface area contributed by atoms with Crippen molar-refractivity contribution in [3.63, 3.8) is 0 Å². The first-order valence-electron chi connectivity index (χ1n) is 8.70. The molecule has 1 aromatic carbocycles. The van der Waals surface area contributed by atoms with Gasteiger partial charge in [0, 0.05) is 25.1 Å². The summed E-state index contributed by atoms with van der Waals surface area (Å²) in [4.78, 5) is 6.43. The van der Waals surface area contributed by atoms with Crippen LogP contribution >= 0.6 is 11.3 Å². The second kappa shape index (κ2) is 7.58. The summed E-state index contributed by atoms with van der Waals surface area (Å²) in [5.74, 6) is 0.00705. The van der Waals surface area contributed by atoms with Crippen molar-refractivity contribution in [3.05, 3.63) is 46.8 Å². The molecular weight excluding hydrogens is 334 g/mol. The number of ether oxygens (including phenoxy) is 1. The third-order valence-corrected chi connectivity index (χ3v) is 5.26. The van der Waals surface area contributed by atoms with E-state index in [0.717, 1.165) is 31.2 Å². The van der Waals surface area contributed by atoms with E-state index in [4.69, 9.17) is 9.57 Å². The van der Waals surface area contributed by atoms with Gasteiger partial charge in [0.05, 0.1) is 6.10 Å². The average Bonchev–Trinajstić information content (AvgIpc) is 3.17. The van der Waals surface area contributed by atoms with Crippen LogP contribution in [0.3, 0.4) is 0 Å². The number of aliphatic hydroxyl groups excluding tert-OH is 1. The molecule has 4 nitrogen and oxygen atoms in total. The molecule has 1 atom stereocenters. The van der Waals surface area contributed by atoms with Crippen molar-refractivity contribution >= 4 is 17.2 Å². The van der Waals surface area contributed by atoms with Crippen molar-refractivity contribution < 1.29 is 14.7 Å². The first-order chi connectivity index (χ1) is 11.9. The van der Waals surface area contributed by atoms with Crippen LogP contribution in [0.4, 0.5) is 0 Å². The van der Waals surface area contributed by atoms with Gasteiger partial charge in [-0.15, -0.1) is 11.3 Å². The van der Waals surface area contributed by atoms with E-state index < -0.39 is 11.9 Å². The van der Waals surface area contributed by atoms with Crippen molar-refractivity contribution in [3.8, 4) is 10.4 Å². The molecule has 134 valence electrons. The Hall–Kier alpha value is -1.85. The summed E-state index contributed by atoms with van der Waals surface area (Å²) >= 11 is 1.75. The molecule has 2 heterocycles. The summed E-state index contributed by atoms with van der Waals surface area (Å²) in [7, 11) is 0. The van der Waals surface area contributed by atoms with Crippen LogP contribution in [0.25, 0.3) is 10.4 Å². The maximum atomic E-state index is 10.4. The van der Waals surface area contributed by atoms with E-state index in [1.807, 2.05) is 26.0 Å². The zero-order valence-corrected chi connectivity index (χ0v) is 15.8. The van der Waals surface area contributed by atoms with Gasteiger partial charge < -0.3 is 14.7 Å². The van der Waals surface area contributed by atoms with Gasteiger partial charge in [-0.25, -0.2) is 0 Å². The molecule has 0 fully saturated rings. The highest BCUT2D eigenvalue weighted by molar-refractivity contribution is 7.13. The molecular formula is C20H25NO3S. The predicted molar refractivity (Wildman–Crippen MR) is 102 cm³/mol. The van der Waals surface area contributed by atoms with E-state index >= 15 is 0 Å². The van der Waals surface area contributed by atoms with Crippen molar-refractivity contribution in [2.24, 2.45) is 5.16 Å². The highest BCUT2D eigenvalue weighted by Gasteiger charge is 2.29. The van der Waals surface area contributed by atoms with E-state index in [1.54, 1.807) is 11.3 Å². The molecule has 3 rings (SSSR count). The molecule has 0 saturated carbocycles. The largest absolute Gasteiger partial charge is 0.434 e. The standard InChI is InChI=1S/C20H25NO3S/c1-14-12-18(25-13-14)16-10-8-15(9-11-16)17(22)6-4-5-7-19-21-24-20(2,3)23-19/h8-13,17,22H,4-7H2,1-3H3/t17-/m1/s1. The fraction of sp³-hybridized carbons (Fsp3) is 0.450. The second-order valence-electron chi connectivity index (χ2n) is 6.95. The van der Waals surface area contributed by atoms with E-state index in [1.165, 1.54) is 16.0 Å². The Balaban J connectivity index is 1.44. The quantitative estimate of drug-likeness (QED) is 0.672. The molecule has 1 aliphatic rings. The second-order valence-corrected chi connectivity index (χ2v) is 7.86. The molecule has 0 unspecified atom stereocenters. The van der Waals surface area contributed by atoms with Crippen molar-refractivity contribution in [1.29, 1.82) is 0 Å². The lowest BCUT2D eigenvalue weighted by Crippen LogP contribution is -2.22. The fourth-order valence-corrected chi connectivity index (χ4v) is 3.72. The maximum Gasteiger partial charge on any atom is 0.271 e. The number of aryl methyl sites for hydroxylation is 1. The van der Waals surface area contributed by atoms with Crippen molar-refractivity contribution in [2.75, 3.05) is 0 Å². The number of nitrogens with zero attached hydrogens (tertiary/aromatic N) is 1. The number of benzene rings is 1. The van der Waals surface area contributed by atoms with Gasteiger partial charge in [-0.1, -0.05) is 30.7 Å². The molecule has 5 heteroatoms. The topological polar surface area (TPSA) is 51.1 Å². The molecule has 0 amide bonds. The van der Waals surface area contributed by atoms with Gasteiger partial charge in [0.15, 0.2) is 0 Å². The first kappa shape index (κ1) is 18.0. The number of aliphatic hydroxyl groups is 1. The fourth-order valence-electron chi connectivity index (χ4n) is 2.81. The Labute approximate surface area is 153 Å². The van der Waals surface area contributed by atoms with Crippen LogP contribution in [0.2, 0.25) is 0 Å². The number of thiophene rings is 1. The van der Waals surface area contributed by atoms with E-state index in [0.29, 0.717) is 5.90 Å². The molecule has 1 aliphatic heterocycles. The molecule has 25 heavy (non-hydrogen) atoms. The number of oxime groups is 1. The van der Waals surface area contributed by atoms with Crippen LogP contribution in [0.1, 0.15) is 56.8 Å². The Morgan fingerprint density at radius 2 is 1.96 bits per heavy atom. The van der Waals surface area contributed by atoms with E-state index in [2.05, 4.69) is 35.7 Å². The van der Waals surface area contributed by atoms with Crippen LogP contribution in [0, 0.1) is 6.92 Å². The zero-order valence-electron chi connectivity index (χ0n) is 15.0. The molecule has 0 bridgehead atoms. The minimum atomic E-state index is -0.641. The van der Waals surface area contributed by atoms with Gasteiger partial charge in [0.1, 0.15) is 0 Å². The third kappa shape index (κ3) is 4.83. The van der Waals surface area contributed by atoms with Gasteiger partial charge in [-0.05, 0) is 53.1 Å². The first-order valence-corrected chi connectivity index (χ1v) is 9.58. The zero-order chi connectivity index (χ0) is 17.9. The van der Waals surface area contributed by atoms with Crippen LogP contribution in [0.5, 0.6) is 0 Å². The summed E-state index contributed by atoms with van der Waals surface area (Å²) in [6.07, 6.45) is 2.87. The van der Waals surface area contributed by atoms with Crippen LogP contribution < -0.4 is 0 Å². The monoisotopic (exact) mass is 359 g/mol. The predicted octanol–water partition coefficient (Wildman–Crippen LogP) is 5.41. The molecule has 2 aromatic rings. The molecule has 0 radical (unpaired) electrons. The summed E-state index contributed by atoms with van der Waals surface area (Å²) in [6, 6.07) is 10.4. The normalized spacial score (nSPS) is 16.9. The summed E-state index contributed by atoms with van der Waals surface area (Å²) in [5, 5.41) is 16.5. The maximum absolute atomic E-state index is 10.4. The smallest absolute Gasteiger partial charge is 0.271 e. The third-order valence-electron chi connectivity index (χ3n) is 4.16. The number of hydrogen-bond acceptors (Lipinski definition) is 5. The molecule has 0 saturated heterocycles. The van der Waals surface area contributed by atoms with Crippen LogP contribution in [-0.2, 0) is 9.57 Å². The van der Waals surface area contributed by atoms with Gasteiger partial charge >= 0.3 is 0 Å². The van der Waals surface area contributed by atoms with Crippen LogP contribution in [-0.4, -0.2) is 16.8 Å². The number of unbranched alkanes of at least 4 members (excludes halogenated alkanes) is 1. The van der Waals surface area contributed by atoms with Gasteiger partial charge in [-0.2, -0.15) is 0 Å². The lowest BCUT2D eigenvalue weighted by atomic mass is 10.0. The van der Waals surface area contributed by atoms with Crippen molar-refractivity contribution in [2.45, 2.75) is 58.3 Å². The molecule has 0 aliphatic carbocycles. The van der Waals surface area contributed by atoms with Gasteiger partial charge in [0.2, 0.25) is 5.90 Å². The summed E-state index contributed by atoms with van der Waals surface area (Å²) in [5.41, 5.74) is 3.46. The lowest BCUT2D eigenvalue weighted by Gasteiger charge is -2.15. The Morgan fingerprint density at radius 3 is 2.56 bits per heavy atom. The summed E-state index contributed by atoms with van der Waals surface area (Å²) < 4.78 is 5.56. The Bertz CT molecular complexity index is 734. The van der Waals surface area contributed by atoms with Crippen LogP contribution in [0.15, 0.2) is 40.9 Å². The van der Waals surface area contributed by atoms with Gasteiger partial charge in [-0.3, -0.25) is 0 Å². The summed E-state index contributed by atoms with van der Waals surface area (Å²) in [6.45, 7) is 5.79. The highest BCUT2D eigenvalue weighted by atomic mass is 32.1. The average molecular weight is 359 g/mol. The Kier molecular flexibility index (Phi) is 5.45. The lowest BCUT2D eigenvalue weighted by molar-refractivity contribution is -0.129. The van der Waals surface area contributed by atoms with E-state index in [-0.39, 0.29) is 0 Å². The number of hydrogen-bond donors (Lipinski definition) is 1. The molecule has 1 aromatic heterocycles. The minimum Gasteiger partial charge on any atom is -0.434 e. The van der Waals surface area contributed by atoms with Gasteiger partial charge in [0.25, 0.3) is 5.79 Å². The number of rotatable bonds is 7. The molecule has 1 N–H and O–H groups in total. The minimum absolute atomic E-state index is 0.432.